The molecule has 0 aromatic carbocycles. The van der Waals surface area contributed by atoms with Crippen LogP contribution in [0.15, 0.2) is 0 Å². The zero-order valence-electron chi connectivity index (χ0n) is 10.3. The van der Waals surface area contributed by atoms with Gasteiger partial charge in [-0.15, -0.1) is 0 Å². The minimum atomic E-state index is -5.17. The van der Waals surface area contributed by atoms with Crippen molar-refractivity contribution in [3.63, 3.8) is 0 Å². The topological polar surface area (TPSA) is 60.4 Å². The number of esters is 1. The minimum Gasteiger partial charge on any atom is -0.465 e. The standard InChI is InChI=1S/C11H15F3O4/c1-4-7(15)6(3)8(10(17)18-5-2)9(16)11(12,13)14/h6,8H,4-5H2,1-3H3. The molecule has 0 aliphatic carbocycles. The maximum atomic E-state index is 12.4. The van der Waals surface area contributed by atoms with Crippen molar-refractivity contribution in [3.05, 3.63) is 0 Å². The Morgan fingerprint density at radius 2 is 1.67 bits per heavy atom. The number of carbonyl (C=O) groups is 3. The number of ketones is 2. The maximum absolute atomic E-state index is 12.4. The smallest absolute Gasteiger partial charge is 0.450 e. The molecule has 2 atom stereocenters. The van der Waals surface area contributed by atoms with Crippen molar-refractivity contribution in [1.29, 1.82) is 0 Å². The Bertz CT molecular complexity index is 336. The van der Waals surface area contributed by atoms with Gasteiger partial charge in [-0.2, -0.15) is 13.2 Å². The number of rotatable bonds is 6. The molecule has 0 bridgehead atoms. The summed E-state index contributed by atoms with van der Waals surface area (Å²) in [5, 5.41) is 0. The van der Waals surface area contributed by atoms with E-state index in [-0.39, 0.29) is 13.0 Å². The third-order valence-corrected chi connectivity index (χ3v) is 2.46. The highest BCUT2D eigenvalue weighted by atomic mass is 19.4. The molecule has 0 spiro atoms. The van der Waals surface area contributed by atoms with Crippen LogP contribution in [0.2, 0.25) is 0 Å². The highest BCUT2D eigenvalue weighted by molar-refractivity contribution is 6.05. The lowest BCUT2D eigenvalue weighted by atomic mass is 9.85. The molecule has 7 heteroatoms. The summed E-state index contributed by atoms with van der Waals surface area (Å²) >= 11 is 0. The average Bonchev–Trinajstić information content (AvgIpc) is 2.27. The van der Waals surface area contributed by atoms with Gasteiger partial charge >= 0.3 is 12.1 Å². The van der Waals surface area contributed by atoms with E-state index in [2.05, 4.69) is 4.74 Å². The summed E-state index contributed by atoms with van der Waals surface area (Å²) in [5.74, 6) is -7.60. The van der Waals surface area contributed by atoms with Gasteiger partial charge in [0.15, 0.2) is 0 Å². The van der Waals surface area contributed by atoms with Crippen LogP contribution in [0.4, 0.5) is 13.2 Å². The number of carbonyl (C=O) groups excluding carboxylic acids is 3. The number of ether oxygens (including phenoxy) is 1. The average molecular weight is 268 g/mol. The van der Waals surface area contributed by atoms with Crippen molar-refractivity contribution in [2.45, 2.75) is 33.4 Å². The van der Waals surface area contributed by atoms with E-state index in [4.69, 9.17) is 0 Å². The lowest BCUT2D eigenvalue weighted by Gasteiger charge is -2.20. The molecule has 0 fully saturated rings. The van der Waals surface area contributed by atoms with Gasteiger partial charge < -0.3 is 4.74 Å². The molecule has 0 aromatic rings. The molecule has 104 valence electrons. The Hall–Kier alpha value is -1.40. The second-order valence-electron chi connectivity index (χ2n) is 3.70. The lowest BCUT2D eigenvalue weighted by Crippen LogP contribution is -2.42. The zero-order valence-corrected chi connectivity index (χ0v) is 10.3. The fourth-order valence-electron chi connectivity index (χ4n) is 1.45. The van der Waals surface area contributed by atoms with E-state index >= 15 is 0 Å². The number of hydrogen-bond acceptors (Lipinski definition) is 4. The van der Waals surface area contributed by atoms with E-state index in [1.807, 2.05) is 0 Å². The number of alkyl halides is 3. The summed E-state index contributed by atoms with van der Waals surface area (Å²) < 4.78 is 41.5. The third-order valence-electron chi connectivity index (χ3n) is 2.46. The first-order chi connectivity index (χ1) is 8.16. The molecule has 0 aromatic heterocycles. The van der Waals surface area contributed by atoms with E-state index < -0.39 is 35.5 Å². The first kappa shape index (κ1) is 16.6. The van der Waals surface area contributed by atoms with Gasteiger partial charge in [-0.3, -0.25) is 14.4 Å². The molecule has 0 saturated carbocycles. The van der Waals surface area contributed by atoms with Crippen molar-refractivity contribution < 1.29 is 32.3 Å². The third kappa shape index (κ3) is 4.12. The molecule has 0 aliphatic heterocycles. The van der Waals surface area contributed by atoms with Crippen LogP contribution < -0.4 is 0 Å². The van der Waals surface area contributed by atoms with Gasteiger partial charge in [-0.25, -0.2) is 0 Å². The second kappa shape index (κ2) is 6.51. The summed E-state index contributed by atoms with van der Waals surface area (Å²) in [7, 11) is 0. The number of Topliss-reactive ketones (excluding diaryl/α,β-unsaturated/α-hetero) is 2. The van der Waals surface area contributed by atoms with Crippen LogP contribution in [0.3, 0.4) is 0 Å². The highest BCUT2D eigenvalue weighted by Gasteiger charge is 2.50. The Kier molecular flexibility index (Phi) is 6.00. The molecule has 0 radical (unpaired) electrons. The quantitative estimate of drug-likeness (QED) is 0.545. The summed E-state index contributed by atoms with van der Waals surface area (Å²) in [6.45, 7) is 3.81. The van der Waals surface area contributed by atoms with E-state index in [1.165, 1.54) is 13.8 Å². The molecule has 0 amide bonds. The Balaban J connectivity index is 5.24. The molecular formula is C11H15F3O4. The van der Waals surface area contributed by atoms with Gasteiger partial charge in [0.1, 0.15) is 11.7 Å². The van der Waals surface area contributed by atoms with Crippen LogP contribution in [0.1, 0.15) is 27.2 Å². The van der Waals surface area contributed by atoms with E-state index in [0.29, 0.717) is 0 Å². The van der Waals surface area contributed by atoms with Crippen molar-refractivity contribution in [3.8, 4) is 0 Å². The highest BCUT2D eigenvalue weighted by Crippen LogP contribution is 2.27. The number of halogens is 3. The van der Waals surface area contributed by atoms with Crippen LogP contribution in [0.5, 0.6) is 0 Å². The summed E-state index contributed by atoms with van der Waals surface area (Å²) in [4.78, 5) is 33.9. The largest absolute Gasteiger partial charge is 0.465 e. The summed E-state index contributed by atoms with van der Waals surface area (Å²) in [6, 6.07) is 0. The first-order valence-electron chi connectivity index (χ1n) is 5.47. The van der Waals surface area contributed by atoms with Crippen LogP contribution in [0.25, 0.3) is 0 Å². The minimum absolute atomic E-state index is 0.0534. The van der Waals surface area contributed by atoms with Crippen molar-refractivity contribution in [2.24, 2.45) is 11.8 Å². The summed E-state index contributed by atoms with van der Waals surface area (Å²) in [6.07, 6.45) is -5.22. The van der Waals surface area contributed by atoms with E-state index in [1.54, 1.807) is 0 Å². The van der Waals surface area contributed by atoms with Crippen molar-refractivity contribution >= 4 is 17.5 Å². The Labute approximate surface area is 102 Å². The van der Waals surface area contributed by atoms with Gasteiger partial charge in [0.2, 0.25) is 0 Å². The van der Waals surface area contributed by atoms with Crippen LogP contribution in [-0.2, 0) is 19.1 Å². The fraction of sp³-hybridized carbons (Fsp3) is 0.727. The normalized spacial score (nSPS) is 14.8. The molecule has 0 saturated heterocycles. The number of hydrogen-bond donors (Lipinski definition) is 0. The molecule has 0 heterocycles. The van der Waals surface area contributed by atoms with Gasteiger partial charge in [-0.1, -0.05) is 13.8 Å². The fourth-order valence-corrected chi connectivity index (χ4v) is 1.45. The monoisotopic (exact) mass is 268 g/mol. The molecular weight excluding hydrogens is 253 g/mol. The summed E-state index contributed by atoms with van der Waals surface area (Å²) in [5.41, 5.74) is 0. The Morgan fingerprint density at radius 1 is 1.17 bits per heavy atom. The Morgan fingerprint density at radius 3 is 2.00 bits per heavy atom. The molecule has 0 rings (SSSR count). The molecule has 0 N–H and O–H groups in total. The van der Waals surface area contributed by atoms with E-state index in [9.17, 15) is 27.6 Å². The van der Waals surface area contributed by atoms with Gasteiger partial charge in [0.25, 0.3) is 5.78 Å². The predicted octanol–water partition coefficient (Wildman–Crippen LogP) is 1.91. The molecule has 2 unspecified atom stereocenters. The second-order valence-corrected chi connectivity index (χ2v) is 3.70. The van der Waals surface area contributed by atoms with Crippen LogP contribution in [0, 0.1) is 11.8 Å². The van der Waals surface area contributed by atoms with Gasteiger partial charge in [-0.05, 0) is 6.92 Å². The molecule has 0 aliphatic rings. The maximum Gasteiger partial charge on any atom is 0.450 e. The zero-order chi connectivity index (χ0) is 14.5. The van der Waals surface area contributed by atoms with Gasteiger partial charge in [0, 0.05) is 12.3 Å². The SMILES string of the molecule is CCOC(=O)C(C(=O)C(F)(F)F)C(C)C(=O)CC. The van der Waals surface area contributed by atoms with Gasteiger partial charge in [0.05, 0.1) is 6.61 Å². The van der Waals surface area contributed by atoms with Crippen molar-refractivity contribution in [1.82, 2.24) is 0 Å². The van der Waals surface area contributed by atoms with Crippen LogP contribution >= 0.6 is 0 Å². The molecule has 18 heavy (non-hydrogen) atoms. The van der Waals surface area contributed by atoms with E-state index in [0.717, 1.165) is 6.92 Å². The predicted molar refractivity (Wildman–Crippen MR) is 55.6 cm³/mol. The van der Waals surface area contributed by atoms with Crippen LogP contribution in [-0.4, -0.2) is 30.3 Å². The van der Waals surface area contributed by atoms with Crippen molar-refractivity contribution in [2.75, 3.05) is 6.61 Å². The first-order valence-corrected chi connectivity index (χ1v) is 5.47. The lowest BCUT2D eigenvalue weighted by molar-refractivity contribution is -0.183. The molecule has 4 nitrogen and oxygen atoms in total.